The molecule has 0 saturated carbocycles. The van der Waals surface area contributed by atoms with Crippen molar-refractivity contribution in [2.75, 3.05) is 13.4 Å². The number of benzene rings is 2. The van der Waals surface area contributed by atoms with Crippen molar-refractivity contribution in [3.8, 4) is 0 Å². The lowest BCUT2D eigenvalue weighted by Gasteiger charge is -2.32. The molecule has 0 unspecified atom stereocenters. The minimum absolute atomic E-state index is 0.00382. The maximum atomic E-state index is 13.3. The first-order valence-corrected chi connectivity index (χ1v) is 9.39. The fourth-order valence-corrected chi connectivity index (χ4v) is 3.18. The predicted molar refractivity (Wildman–Crippen MR) is 109 cm³/mol. The van der Waals surface area contributed by atoms with E-state index in [1.165, 1.54) is 6.26 Å². The summed E-state index contributed by atoms with van der Waals surface area (Å²) in [5, 5.41) is 10.4. The first kappa shape index (κ1) is 20.4. The molecule has 0 bridgehead atoms. The maximum Gasteiger partial charge on any atom is 0.260 e. The van der Waals surface area contributed by atoms with E-state index < -0.39 is 5.60 Å². The van der Waals surface area contributed by atoms with E-state index in [0.717, 1.165) is 11.1 Å². The van der Waals surface area contributed by atoms with Crippen LogP contribution in [0.3, 0.4) is 0 Å². The van der Waals surface area contributed by atoms with E-state index in [-0.39, 0.29) is 18.5 Å². The number of carbonyl (C=O) groups is 1. The average molecular weight is 395 g/mol. The number of ether oxygens (including phenoxy) is 3. The molecule has 2 aromatic rings. The van der Waals surface area contributed by atoms with Gasteiger partial charge in [-0.25, -0.2) is 0 Å². The van der Waals surface area contributed by atoms with Crippen molar-refractivity contribution in [3.05, 3.63) is 83.3 Å². The van der Waals surface area contributed by atoms with Crippen molar-refractivity contribution in [2.24, 2.45) is 5.73 Å². The van der Waals surface area contributed by atoms with Gasteiger partial charge in [-0.3, -0.25) is 10.2 Å². The lowest BCUT2D eigenvalue weighted by atomic mass is 9.91. The van der Waals surface area contributed by atoms with Crippen LogP contribution in [0.25, 0.3) is 0 Å². The number of carbonyl (C=O) groups excluding carboxylic acids is 1. The Morgan fingerprint density at radius 1 is 1.17 bits per heavy atom. The zero-order valence-corrected chi connectivity index (χ0v) is 16.3. The molecule has 3 rings (SSSR count). The molecule has 1 aliphatic rings. The fraction of sp³-hybridized carbons (Fsp3) is 0.273. The summed E-state index contributed by atoms with van der Waals surface area (Å²) < 4.78 is 16.8. The minimum atomic E-state index is -1.33. The summed E-state index contributed by atoms with van der Waals surface area (Å²) in [4.78, 5) is 13.3. The van der Waals surface area contributed by atoms with Gasteiger partial charge in [-0.05, 0) is 18.1 Å². The van der Waals surface area contributed by atoms with E-state index in [1.807, 2.05) is 49.4 Å². The number of nitrogen functional groups attached to an aromatic ring is 1. The highest BCUT2D eigenvalue weighted by atomic mass is 16.7. The minimum Gasteiger partial charge on any atom is -0.461 e. The van der Waals surface area contributed by atoms with Crippen molar-refractivity contribution < 1.29 is 19.0 Å². The standard InChI is InChI=1S/C22H25N3O4/c1-2-29-22(19-14-27-15-28-19,12-16-6-4-3-5-7-16)21(26)25-13-17-8-10-18(11-9-17)20(23)24/h3-11,14H,2,12-13,15H2,1H3,(H3,23,24)(H,25,26)/t22-/m0/s1. The van der Waals surface area contributed by atoms with Gasteiger partial charge in [0.1, 0.15) is 12.1 Å². The van der Waals surface area contributed by atoms with Crippen LogP contribution in [-0.4, -0.2) is 30.7 Å². The van der Waals surface area contributed by atoms with Crippen LogP contribution in [0.15, 0.2) is 66.6 Å². The summed E-state index contributed by atoms with van der Waals surface area (Å²) >= 11 is 0. The molecule has 7 heteroatoms. The molecule has 152 valence electrons. The van der Waals surface area contributed by atoms with Gasteiger partial charge in [-0.2, -0.15) is 0 Å². The Kier molecular flexibility index (Phi) is 6.51. The number of amidine groups is 1. The number of hydrogen-bond donors (Lipinski definition) is 3. The second kappa shape index (κ2) is 9.25. The number of amides is 1. The SMILES string of the molecule is CCO[C@](Cc1ccccc1)(C(=O)NCc1ccc(C(=N)N)cc1)C1=COCO1. The summed E-state index contributed by atoms with van der Waals surface area (Å²) in [6.45, 7) is 2.52. The molecule has 0 fully saturated rings. The highest BCUT2D eigenvalue weighted by Gasteiger charge is 2.46. The normalized spacial score (nSPS) is 14.9. The van der Waals surface area contributed by atoms with Crippen LogP contribution in [0.5, 0.6) is 0 Å². The van der Waals surface area contributed by atoms with Crippen molar-refractivity contribution >= 4 is 11.7 Å². The molecule has 0 saturated heterocycles. The van der Waals surface area contributed by atoms with Crippen LogP contribution in [-0.2, 0) is 32.0 Å². The Morgan fingerprint density at radius 2 is 1.90 bits per heavy atom. The third-order valence-electron chi connectivity index (χ3n) is 4.64. The van der Waals surface area contributed by atoms with Gasteiger partial charge >= 0.3 is 0 Å². The van der Waals surface area contributed by atoms with Gasteiger partial charge in [0.15, 0.2) is 5.76 Å². The lowest BCUT2D eigenvalue weighted by molar-refractivity contribution is -0.147. The molecule has 0 spiro atoms. The monoisotopic (exact) mass is 395 g/mol. The first-order valence-electron chi connectivity index (χ1n) is 9.39. The summed E-state index contributed by atoms with van der Waals surface area (Å²) in [5.41, 5.74) is 6.61. The summed E-state index contributed by atoms with van der Waals surface area (Å²) in [6, 6.07) is 16.8. The van der Waals surface area contributed by atoms with E-state index in [9.17, 15) is 4.79 Å². The van der Waals surface area contributed by atoms with Gasteiger partial charge in [-0.15, -0.1) is 0 Å². The lowest BCUT2D eigenvalue weighted by Crippen LogP contribution is -2.52. The zero-order valence-electron chi connectivity index (χ0n) is 16.3. The second-order valence-electron chi connectivity index (χ2n) is 6.63. The first-order chi connectivity index (χ1) is 14.0. The molecule has 29 heavy (non-hydrogen) atoms. The molecule has 0 aromatic heterocycles. The number of rotatable bonds is 9. The number of nitrogens with one attached hydrogen (secondary N) is 2. The molecule has 1 amide bonds. The fourth-order valence-electron chi connectivity index (χ4n) is 3.18. The van der Waals surface area contributed by atoms with Crippen LogP contribution in [0, 0.1) is 5.41 Å². The molecular weight excluding hydrogens is 370 g/mol. The van der Waals surface area contributed by atoms with Gasteiger partial charge in [0.05, 0.1) is 0 Å². The summed E-state index contributed by atoms with van der Waals surface area (Å²) in [6.07, 6.45) is 1.76. The summed E-state index contributed by atoms with van der Waals surface area (Å²) in [7, 11) is 0. The Bertz CT molecular complexity index is 881. The molecular formula is C22H25N3O4. The molecule has 4 N–H and O–H groups in total. The van der Waals surface area contributed by atoms with Crippen molar-refractivity contribution in [3.63, 3.8) is 0 Å². The summed E-state index contributed by atoms with van der Waals surface area (Å²) in [5.74, 6) is 0.0485. The van der Waals surface area contributed by atoms with E-state index >= 15 is 0 Å². The number of hydrogen-bond acceptors (Lipinski definition) is 5. The van der Waals surface area contributed by atoms with Crippen LogP contribution in [0.2, 0.25) is 0 Å². The Morgan fingerprint density at radius 3 is 2.48 bits per heavy atom. The van der Waals surface area contributed by atoms with Gasteiger partial charge in [0, 0.05) is 25.1 Å². The van der Waals surface area contributed by atoms with Crippen molar-refractivity contribution in [2.45, 2.75) is 25.5 Å². The maximum absolute atomic E-state index is 13.3. The Hall–Kier alpha value is -3.32. The van der Waals surface area contributed by atoms with Gasteiger partial charge in [0.25, 0.3) is 5.91 Å². The van der Waals surface area contributed by atoms with Crippen LogP contribution in [0.1, 0.15) is 23.6 Å². The van der Waals surface area contributed by atoms with Crippen molar-refractivity contribution in [1.29, 1.82) is 5.41 Å². The van der Waals surface area contributed by atoms with E-state index in [0.29, 0.717) is 30.9 Å². The molecule has 7 nitrogen and oxygen atoms in total. The average Bonchev–Trinajstić information content (AvgIpc) is 3.28. The molecule has 1 atom stereocenters. The topological polar surface area (TPSA) is 107 Å². The molecule has 0 aliphatic carbocycles. The Balaban J connectivity index is 1.82. The van der Waals surface area contributed by atoms with Crippen LogP contribution in [0.4, 0.5) is 0 Å². The van der Waals surface area contributed by atoms with Crippen molar-refractivity contribution in [1.82, 2.24) is 5.32 Å². The van der Waals surface area contributed by atoms with Crippen LogP contribution < -0.4 is 11.1 Å². The van der Waals surface area contributed by atoms with Crippen LogP contribution >= 0.6 is 0 Å². The van der Waals surface area contributed by atoms with E-state index in [2.05, 4.69) is 5.32 Å². The molecule has 2 aromatic carbocycles. The third-order valence-corrected chi connectivity index (χ3v) is 4.64. The van der Waals surface area contributed by atoms with Gasteiger partial charge < -0.3 is 25.3 Å². The quantitative estimate of drug-likeness (QED) is 0.447. The van der Waals surface area contributed by atoms with E-state index in [4.69, 9.17) is 25.4 Å². The molecule has 0 radical (unpaired) electrons. The largest absolute Gasteiger partial charge is 0.461 e. The molecule has 1 heterocycles. The predicted octanol–water partition coefficient (Wildman–Crippen LogP) is 2.45. The Labute approximate surface area is 170 Å². The van der Waals surface area contributed by atoms with E-state index in [1.54, 1.807) is 12.1 Å². The van der Waals surface area contributed by atoms with Gasteiger partial charge in [-0.1, -0.05) is 54.6 Å². The third kappa shape index (κ3) is 4.75. The zero-order chi connectivity index (χ0) is 20.7. The number of nitrogens with two attached hydrogens (primary N) is 1. The molecule has 1 aliphatic heterocycles. The van der Waals surface area contributed by atoms with Gasteiger partial charge in [0.2, 0.25) is 12.4 Å². The highest BCUT2D eigenvalue weighted by Crippen LogP contribution is 2.31. The smallest absolute Gasteiger partial charge is 0.260 e. The highest BCUT2D eigenvalue weighted by molar-refractivity contribution is 5.94. The second-order valence-corrected chi connectivity index (χ2v) is 6.63.